The second-order valence-corrected chi connectivity index (χ2v) is 11.5. The van der Waals surface area contributed by atoms with E-state index in [-0.39, 0.29) is 36.7 Å². The summed E-state index contributed by atoms with van der Waals surface area (Å²) in [5.74, 6) is -3.41. The van der Waals surface area contributed by atoms with E-state index in [9.17, 15) is 18.4 Å². The number of nitrogens with two attached hydrogens (primary N) is 1. The zero-order valence-electron chi connectivity index (χ0n) is 24.4. The number of benzene rings is 3. The molecule has 0 atom stereocenters. The van der Waals surface area contributed by atoms with Crippen LogP contribution in [0, 0.1) is 5.82 Å². The number of pyridine rings is 1. The van der Waals surface area contributed by atoms with Crippen molar-refractivity contribution in [2.24, 2.45) is 0 Å². The predicted octanol–water partition coefficient (Wildman–Crippen LogP) is 7.74. The van der Waals surface area contributed by atoms with Crippen molar-refractivity contribution >= 4 is 46.3 Å². The molecule has 1 saturated heterocycles. The van der Waals surface area contributed by atoms with Crippen molar-refractivity contribution in [1.29, 1.82) is 0 Å². The number of likely N-dealkylation sites (tertiary alicyclic amines) is 1. The zero-order valence-corrected chi connectivity index (χ0v) is 25.2. The van der Waals surface area contributed by atoms with Crippen molar-refractivity contribution in [3.8, 4) is 22.3 Å². The molecule has 0 aliphatic carbocycles. The lowest BCUT2D eigenvalue weighted by molar-refractivity contribution is -0.116. The maximum Gasteiger partial charge on any atom is 0.253 e. The van der Waals surface area contributed by atoms with Crippen molar-refractivity contribution in [3.05, 3.63) is 113 Å². The molecule has 1 aliphatic rings. The van der Waals surface area contributed by atoms with Gasteiger partial charge in [0, 0.05) is 65.3 Å². The standard InChI is InChI=1S/C35H28ClF3N4O3/c36-26-3-1-2-22(15-26)29-17-24(28-7-6-23(18-30(28)37)34(45)43-12-10-35(38,39)11-13-43)14-25-16-27(46-33(25)29)20-42-32(44)9-5-21-4-8-31(40)41-19-21/h1-9,14-19H,10-13,20H2,(H2,40,41)(H,42,44). The highest BCUT2D eigenvalue weighted by Crippen LogP contribution is 2.38. The maximum atomic E-state index is 15.6. The first-order valence-electron chi connectivity index (χ1n) is 14.5. The third kappa shape index (κ3) is 6.92. The normalized spacial score (nSPS) is 14.6. The molecule has 0 spiro atoms. The Bertz CT molecular complexity index is 1960. The minimum atomic E-state index is -2.79. The summed E-state index contributed by atoms with van der Waals surface area (Å²) < 4.78 is 48.9. The lowest BCUT2D eigenvalue weighted by Gasteiger charge is -2.31. The van der Waals surface area contributed by atoms with Gasteiger partial charge in [-0.05, 0) is 77.4 Å². The van der Waals surface area contributed by atoms with E-state index in [0.717, 1.165) is 11.6 Å². The molecule has 0 saturated carbocycles. The lowest BCUT2D eigenvalue weighted by Crippen LogP contribution is -2.42. The van der Waals surface area contributed by atoms with Crippen LogP contribution in [0.4, 0.5) is 19.0 Å². The van der Waals surface area contributed by atoms with E-state index in [1.807, 2.05) is 6.07 Å². The fraction of sp³-hybridized carbons (Fsp3) is 0.171. The molecule has 3 N–H and O–H groups in total. The van der Waals surface area contributed by atoms with Crippen molar-refractivity contribution in [3.63, 3.8) is 0 Å². The van der Waals surface area contributed by atoms with Crippen LogP contribution in [0.25, 0.3) is 39.3 Å². The van der Waals surface area contributed by atoms with Crippen LogP contribution in [0.5, 0.6) is 0 Å². The number of aromatic nitrogens is 1. The average Bonchev–Trinajstić information content (AvgIpc) is 3.46. The number of nitrogens with one attached hydrogen (secondary N) is 1. The third-order valence-electron chi connectivity index (χ3n) is 7.79. The number of carbonyl (C=O) groups is 2. The van der Waals surface area contributed by atoms with Crippen LogP contribution in [0.2, 0.25) is 5.02 Å². The summed E-state index contributed by atoms with van der Waals surface area (Å²) in [6.45, 7) is -0.0846. The van der Waals surface area contributed by atoms with E-state index in [2.05, 4.69) is 10.3 Å². The van der Waals surface area contributed by atoms with E-state index < -0.39 is 30.5 Å². The molecule has 3 aromatic carbocycles. The summed E-state index contributed by atoms with van der Waals surface area (Å²) in [5.41, 5.74) is 9.07. The van der Waals surface area contributed by atoms with Crippen LogP contribution < -0.4 is 11.1 Å². The number of fused-ring (bicyclic) bond motifs is 1. The molecular weight excluding hydrogens is 617 g/mol. The zero-order chi connectivity index (χ0) is 32.4. The highest BCUT2D eigenvalue weighted by atomic mass is 35.5. The van der Waals surface area contributed by atoms with Gasteiger partial charge in [-0.3, -0.25) is 9.59 Å². The second kappa shape index (κ2) is 12.7. The summed E-state index contributed by atoms with van der Waals surface area (Å²) >= 11 is 6.29. The number of rotatable bonds is 7. The third-order valence-corrected chi connectivity index (χ3v) is 8.02. The van der Waals surface area contributed by atoms with Gasteiger partial charge in [-0.2, -0.15) is 0 Å². The van der Waals surface area contributed by atoms with E-state index in [0.29, 0.717) is 44.3 Å². The Morgan fingerprint density at radius 3 is 2.52 bits per heavy atom. The Balaban J connectivity index is 1.28. The Morgan fingerprint density at radius 2 is 1.80 bits per heavy atom. The van der Waals surface area contributed by atoms with Gasteiger partial charge in [0.1, 0.15) is 23.0 Å². The number of amides is 2. The molecule has 1 fully saturated rings. The van der Waals surface area contributed by atoms with Crippen LogP contribution in [0.15, 0.2) is 89.5 Å². The number of hydrogen-bond donors (Lipinski definition) is 2. The molecule has 11 heteroatoms. The molecule has 2 amide bonds. The number of piperidine rings is 1. The van der Waals surface area contributed by atoms with Gasteiger partial charge in [0.05, 0.1) is 6.54 Å². The summed E-state index contributed by atoms with van der Waals surface area (Å²) in [6, 6.07) is 20.0. The van der Waals surface area contributed by atoms with Crippen molar-refractivity contribution in [1.82, 2.24) is 15.2 Å². The summed E-state index contributed by atoms with van der Waals surface area (Å²) in [4.78, 5) is 30.7. The van der Waals surface area contributed by atoms with Gasteiger partial charge in [0.15, 0.2) is 0 Å². The molecular formula is C35H28ClF3N4O3. The molecule has 0 bridgehead atoms. The van der Waals surface area contributed by atoms with E-state index in [1.54, 1.807) is 60.8 Å². The van der Waals surface area contributed by atoms with Gasteiger partial charge in [-0.1, -0.05) is 29.8 Å². The molecule has 1 aliphatic heterocycles. The van der Waals surface area contributed by atoms with Crippen LogP contribution in [0.1, 0.15) is 34.5 Å². The molecule has 2 aromatic heterocycles. The molecule has 46 heavy (non-hydrogen) atoms. The first kappa shape index (κ1) is 30.9. The highest BCUT2D eigenvalue weighted by Gasteiger charge is 2.36. The molecule has 6 rings (SSSR count). The molecule has 234 valence electrons. The van der Waals surface area contributed by atoms with Gasteiger partial charge in [0.25, 0.3) is 11.8 Å². The van der Waals surface area contributed by atoms with Crippen molar-refractivity contribution in [2.75, 3.05) is 18.8 Å². The molecule has 0 radical (unpaired) electrons. The number of halogens is 4. The smallest absolute Gasteiger partial charge is 0.253 e. The second-order valence-electron chi connectivity index (χ2n) is 11.1. The molecule has 0 unspecified atom stereocenters. The Kier molecular flexibility index (Phi) is 8.55. The molecule has 3 heterocycles. The number of anilines is 1. The number of nitrogen functional groups attached to an aromatic ring is 1. The van der Waals surface area contributed by atoms with Crippen LogP contribution in [-0.2, 0) is 11.3 Å². The monoisotopic (exact) mass is 644 g/mol. The Hall–Kier alpha value is -5.09. The fourth-order valence-corrected chi connectivity index (χ4v) is 5.53. The minimum absolute atomic E-state index is 0.0886. The summed E-state index contributed by atoms with van der Waals surface area (Å²) in [5, 5.41) is 3.95. The maximum absolute atomic E-state index is 15.6. The minimum Gasteiger partial charge on any atom is -0.459 e. The van der Waals surface area contributed by atoms with E-state index >= 15 is 4.39 Å². The SMILES string of the molecule is Nc1ccc(C=CC(=O)NCc2cc3cc(-c4ccc(C(=O)N5CCC(F)(F)CC5)cc4F)cc(-c4cccc(Cl)c4)c3o2)cn1. The van der Waals surface area contributed by atoms with Gasteiger partial charge in [0.2, 0.25) is 5.91 Å². The Morgan fingerprint density at radius 1 is 1.00 bits per heavy atom. The number of alkyl halides is 2. The van der Waals surface area contributed by atoms with Crippen LogP contribution in [-0.4, -0.2) is 40.7 Å². The van der Waals surface area contributed by atoms with Gasteiger partial charge < -0.3 is 20.4 Å². The van der Waals surface area contributed by atoms with Crippen molar-refractivity contribution < 1.29 is 27.2 Å². The van der Waals surface area contributed by atoms with E-state index in [4.69, 9.17) is 21.8 Å². The van der Waals surface area contributed by atoms with Crippen LogP contribution in [0.3, 0.4) is 0 Å². The quantitative estimate of drug-likeness (QED) is 0.177. The molecule has 7 nitrogen and oxygen atoms in total. The number of hydrogen-bond acceptors (Lipinski definition) is 5. The predicted molar refractivity (Wildman–Crippen MR) is 172 cm³/mol. The fourth-order valence-electron chi connectivity index (χ4n) is 5.34. The topological polar surface area (TPSA) is 101 Å². The first-order valence-corrected chi connectivity index (χ1v) is 14.9. The lowest BCUT2D eigenvalue weighted by atomic mass is 9.95. The Labute approximate surface area is 267 Å². The van der Waals surface area contributed by atoms with E-state index in [1.165, 1.54) is 23.1 Å². The summed E-state index contributed by atoms with van der Waals surface area (Å²) in [6.07, 6.45) is 3.71. The van der Waals surface area contributed by atoms with Crippen molar-refractivity contribution in [2.45, 2.75) is 25.3 Å². The largest absolute Gasteiger partial charge is 0.459 e. The van der Waals surface area contributed by atoms with Crippen LogP contribution >= 0.6 is 11.6 Å². The van der Waals surface area contributed by atoms with Gasteiger partial charge >= 0.3 is 0 Å². The highest BCUT2D eigenvalue weighted by molar-refractivity contribution is 6.30. The van der Waals surface area contributed by atoms with Gasteiger partial charge in [-0.25, -0.2) is 18.2 Å². The molecule has 5 aromatic rings. The van der Waals surface area contributed by atoms with Gasteiger partial charge in [-0.15, -0.1) is 0 Å². The average molecular weight is 645 g/mol. The number of nitrogens with zero attached hydrogens (tertiary/aromatic N) is 2. The number of furan rings is 1. The first-order chi connectivity index (χ1) is 22.0. The summed E-state index contributed by atoms with van der Waals surface area (Å²) in [7, 11) is 0. The number of carbonyl (C=O) groups excluding carboxylic acids is 2.